The fourth-order valence-electron chi connectivity index (χ4n) is 6.11. The quantitative estimate of drug-likeness (QED) is 0.179. The first kappa shape index (κ1) is 30.2. The zero-order chi connectivity index (χ0) is 33.0. The van der Waals surface area contributed by atoms with Crippen LogP contribution in [0.2, 0.25) is 10.0 Å². The SMILES string of the molecule is Cc1cccc(C)c1N1C(=C/C=C2\C(=O)N(c3ccccc3)N=C2C#N)N(c2c(C)cccc2C)c2nc3cc(Cl)c(Cl)cc3nc21. The zero-order valence-electron chi connectivity index (χ0n) is 26.0. The molecule has 0 aliphatic carbocycles. The van der Waals surface area contributed by atoms with E-state index in [4.69, 9.17) is 33.2 Å². The van der Waals surface area contributed by atoms with E-state index in [1.165, 1.54) is 5.01 Å². The van der Waals surface area contributed by atoms with Crippen molar-refractivity contribution in [3.8, 4) is 6.07 Å². The number of carbonyl (C=O) groups is 1. The van der Waals surface area contributed by atoms with Crippen LogP contribution in [0.3, 0.4) is 0 Å². The number of nitriles is 1. The Morgan fingerprint density at radius 1 is 0.702 bits per heavy atom. The summed E-state index contributed by atoms with van der Waals surface area (Å²) < 4.78 is 0. The van der Waals surface area contributed by atoms with Crippen LogP contribution in [0.5, 0.6) is 0 Å². The molecule has 4 aromatic carbocycles. The van der Waals surface area contributed by atoms with Gasteiger partial charge in [0, 0.05) is 0 Å². The molecule has 5 aromatic rings. The lowest BCUT2D eigenvalue weighted by atomic mass is 10.1. The lowest BCUT2D eigenvalue weighted by molar-refractivity contribution is -0.114. The van der Waals surface area contributed by atoms with Crippen molar-refractivity contribution in [2.45, 2.75) is 27.7 Å². The predicted molar refractivity (Wildman–Crippen MR) is 189 cm³/mol. The molecule has 0 saturated carbocycles. The molecule has 230 valence electrons. The third-order valence-corrected chi connectivity index (χ3v) is 8.98. The standard InChI is InChI=1S/C37H27Cl2N7O/c1-21-10-8-11-22(2)33(21)44-32(17-16-26-31(20-40)43-46(37(26)47)25-14-6-5-7-15-25)45(34-23(3)12-9-13-24(34)4)36-35(44)41-29-18-27(38)28(39)19-30(29)42-36/h5-19H,1-4H3/b26-16-. The van der Waals surface area contributed by atoms with Gasteiger partial charge in [0.15, 0.2) is 17.3 Å². The lowest BCUT2D eigenvalue weighted by Gasteiger charge is -2.28. The Hall–Kier alpha value is -5.49. The third-order valence-electron chi connectivity index (χ3n) is 8.26. The minimum Gasteiger partial charge on any atom is -0.276 e. The van der Waals surface area contributed by atoms with Gasteiger partial charge in [0.1, 0.15) is 11.9 Å². The predicted octanol–water partition coefficient (Wildman–Crippen LogP) is 9.15. The Bertz CT molecular complexity index is 2120. The second-order valence-electron chi connectivity index (χ2n) is 11.4. The lowest BCUT2D eigenvalue weighted by Crippen LogP contribution is -2.24. The van der Waals surface area contributed by atoms with E-state index in [2.05, 4.69) is 21.0 Å². The number of hydrogen-bond acceptors (Lipinski definition) is 7. The van der Waals surface area contributed by atoms with Gasteiger partial charge in [-0.2, -0.15) is 15.4 Å². The number of allylic oxidation sites excluding steroid dienone is 2. The first-order valence-electron chi connectivity index (χ1n) is 14.9. The summed E-state index contributed by atoms with van der Waals surface area (Å²) in [5.41, 5.74) is 7.82. The maximum Gasteiger partial charge on any atom is 0.281 e. The van der Waals surface area contributed by atoms with Gasteiger partial charge in [0.2, 0.25) is 0 Å². The van der Waals surface area contributed by atoms with Crippen molar-refractivity contribution in [2.24, 2.45) is 5.10 Å². The second-order valence-corrected chi connectivity index (χ2v) is 12.2. The van der Waals surface area contributed by atoms with E-state index in [0.29, 0.717) is 44.2 Å². The second kappa shape index (κ2) is 11.7. The highest BCUT2D eigenvalue weighted by Crippen LogP contribution is 2.51. The van der Waals surface area contributed by atoms with Crippen molar-refractivity contribution in [1.29, 1.82) is 5.26 Å². The van der Waals surface area contributed by atoms with Gasteiger partial charge >= 0.3 is 0 Å². The van der Waals surface area contributed by atoms with Crippen molar-refractivity contribution in [1.82, 2.24) is 9.97 Å². The zero-order valence-corrected chi connectivity index (χ0v) is 27.5. The smallest absolute Gasteiger partial charge is 0.276 e. The van der Waals surface area contributed by atoms with Crippen LogP contribution in [0.4, 0.5) is 28.7 Å². The molecular formula is C37H27Cl2N7O. The monoisotopic (exact) mass is 655 g/mol. The summed E-state index contributed by atoms with van der Waals surface area (Å²) in [6, 6.07) is 26.8. The summed E-state index contributed by atoms with van der Waals surface area (Å²) in [7, 11) is 0. The number of benzene rings is 4. The molecule has 0 spiro atoms. The molecule has 8 nitrogen and oxygen atoms in total. The Morgan fingerprint density at radius 2 is 1.19 bits per heavy atom. The number of hydrazone groups is 1. The normalized spacial score (nSPS) is 15.0. The average Bonchev–Trinajstić information content (AvgIpc) is 3.53. The number of rotatable bonds is 4. The molecule has 2 aliphatic heterocycles. The highest BCUT2D eigenvalue weighted by atomic mass is 35.5. The van der Waals surface area contributed by atoms with Gasteiger partial charge in [-0.15, -0.1) is 0 Å². The maximum atomic E-state index is 13.7. The van der Waals surface area contributed by atoms with E-state index in [9.17, 15) is 10.1 Å². The van der Waals surface area contributed by atoms with Gasteiger partial charge in [-0.3, -0.25) is 14.6 Å². The number of carbonyl (C=O) groups excluding carboxylic acids is 1. The molecule has 1 aromatic heterocycles. The number of aryl methyl sites for hydroxylation is 4. The van der Waals surface area contributed by atoms with Crippen LogP contribution >= 0.6 is 23.2 Å². The van der Waals surface area contributed by atoms with Crippen molar-refractivity contribution in [3.63, 3.8) is 0 Å². The van der Waals surface area contributed by atoms with Gasteiger partial charge in [-0.1, -0.05) is 77.8 Å². The van der Waals surface area contributed by atoms with E-state index < -0.39 is 5.91 Å². The molecule has 0 bridgehead atoms. The molecule has 2 aliphatic rings. The molecule has 0 radical (unpaired) electrons. The Balaban J connectivity index is 1.52. The minimum absolute atomic E-state index is 0.0229. The van der Waals surface area contributed by atoms with Gasteiger partial charge in [-0.25, -0.2) is 9.97 Å². The summed E-state index contributed by atoms with van der Waals surface area (Å²) in [6.07, 6.45) is 3.49. The molecule has 3 heterocycles. The third kappa shape index (κ3) is 5.01. The van der Waals surface area contributed by atoms with E-state index >= 15 is 0 Å². The van der Waals surface area contributed by atoms with Crippen LogP contribution < -0.4 is 14.8 Å². The highest BCUT2D eigenvalue weighted by molar-refractivity contribution is 6.42. The summed E-state index contributed by atoms with van der Waals surface area (Å²) in [5.74, 6) is 1.43. The van der Waals surface area contributed by atoms with Crippen LogP contribution in [-0.4, -0.2) is 21.6 Å². The van der Waals surface area contributed by atoms with Crippen LogP contribution in [-0.2, 0) is 4.79 Å². The van der Waals surface area contributed by atoms with Gasteiger partial charge in [-0.05, 0) is 86.4 Å². The van der Waals surface area contributed by atoms with Crippen molar-refractivity contribution >= 4 is 74.6 Å². The fraction of sp³-hybridized carbons (Fsp3) is 0.108. The fourth-order valence-corrected chi connectivity index (χ4v) is 6.42. The Labute approximate surface area is 282 Å². The number of amides is 1. The molecule has 0 N–H and O–H groups in total. The van der Waals surface area contributed by atoms with Crippen LogP contribution in [0.1, 0.15) is 22.3 Å². The molecule has 10 heteroatoms. The first-order chi connectivity index (χ1) is 22.7. The van der Waals surface area contributed by atoms with E-state index in [1.807, 2.05) is 88.4 Å². The number of para-hydroxylation sites is 3. The van der Waals surface area contributed by atoms with Gasteiger partial charge in [0.25, 0.3) is 5.91 Å². The minimum atomic E-state index is -0.399. The first-order valence-corrected chi connectivity index (χ1v) is 15.6. The number of anilines is 5. The molecular weight excluding hydrogens is 629 g/mol. The number of nitrogens with zero attached hydrogens (tertiary/aromatic N) is 7. The molecule has 0 saturated heterocycles. The molecule has 47 heavy (non-hydrogen) atoms. The summed E-state index contributed by atoms with van der Waals surface area (Å²) in [5, 5.41) is 16.4. The number of aromatic nitrogens is 2. The maximum absolute atomic E-state index is 13.7. The van der Waals surface area contributed by atoms with Crippen LogP contribution in [0.15, 0.2) is 108 Å². The van der Waals surface area contributed by atoms with Crippen molar-refractivity contribution < 1.29 is 4.79 Å². The summed E-state index contributed by atoms with van der Waals surface area (Å²) in [6.45, 7) is 8.18. The van der Waals surface area contributed by atoms with Gasteiger partial charge in [0.05, 0.1) is 43.7 Å². The van der Waals surface area contributed by atoms with E-state index in [-0.39, 0.29) is 11.3 Å². The topological polar surface area (TPSA) is 88.7 Å². The molecule has 0 fully saturated rings. The average molecular weight is 657 g/mol. The Morgan fingerprint density at radius 3 is 1.66 bits per heavy atom. The number of halogens is 2. The molecule has 1 amide bonds. The van der Waals surface area contributed by atoms with E-state index in [1.54, 1.807) is 30.3 Å². The molecule has 0 unspecified atom stereocenters. The highest BCUT2D eigenvalue weighted by Gasteiger charge is 2.39. The number of fused-ring (bicyclic) bond motifs is 2. The molecule has 0 atom stereocenters. The molecule has 7 rings (SSSR count). The van der Waals surface area contributed by atoms with Gasteiger partial charge < -0.3 is 0 Å². The Kier molecular flexibility index (Phi) is 7.51. The van der Waals surface area contributed by atoms with Crippen molar-refractivity contribution in [3.05, 3.63) is 135 Å². The van der Waals surface area contributed by atoms with E-state index in [0.717, 1.165) is 33.6 Å². The largest absolute Gasteiger partial charge is 0.281 e. The summed E-state index contributed by atoms with van der Waals surface area (Å²) >= 11 is 12.9. The van der Waals surface area contributed by atoms with Crippen LogP contribution in [0, 0.1) is 39.0 Å². The number of hydrogen-bond donors (Lipinski definition) is 0. The summed E-state index contributed by atoms with van der Waals surface area (Å²) in [4.78, 5) is 28.1. The van der Waals surface area contributed by atoms with Crippen molar-refractivity contribution in [2.75, 3.05) is 14.8 Å². The van der Waals surface area contributed by atoms with Crippen LogP contribution in [0.25, 0.3) is 11.0 Å².